The highest BCUT2D eigenvalue weighted by Crippen LogP contribution is 2.62. The Morgan fingerprint density at radius 3 is 1.57 bits per heavy atom. The van der Waals surface area contributed by atoms with Gasteiger partial charge in [-0.1, -0.05) is 71.1 Å². The van der Waals surface area contributed by atoms with Gasteiger partial charge < -0.3 is 25.7 Å². The summed E-state index contributed by atoms with van der Waals surface area (Å²) in [6.45, 7) is 10.1. The van der Waals surface area contributed by atoms with Gasteiger partial charge in [0.05, 0.1) is 16.2 Å². The van der Waals surface area contributed by atoms with Crippen molar-refractivity contribution in [2.24, 2.45) is 33.5 Å². The summed E-state index contributed by atoms with van der Waals surface area (Å²) in [5.74, 6) is -4.96. The lowest BCUT2D eigenvalue weighted by Crippen LogP contribution is -2.67. The molecule has 1 heterocycles. The Balaban J connectivity index is 3.19. The normalized spacial score (nSPS) is 18.9. The third-order valence-corrected chi connectivity index (χ3v) is 10.4. The van der Waals surface area contributed by atoms with Crippen molar-refractivity contribution in [3.8, 4) is 0 Å². The lowest BCUT2D eigenvalue weighted by atomic mass is 9.43. The monoisotopic (exact) mass is 569 g/mol. The summed E-state index contributed by atoms with van der Waals surface area (Å²) in [5.41, 5.74) is -8.93. The summed E-state index contributed by atoms with van der Waals surface area (Å²) in [6, 6.07) is 0. The van der Waals surface area contributed by atoms with Gasteiger partial charge in [-0.15, -0.1) is 0 Å². The van der Waals surface area contributed by atoms with Crippen molar-refractivity contribution in [3.05, 3.63) is 0 Å². The molecule has 9 nitrogen and oxygen atoms in total. The molecule has 3 unspecified atom stereocenters. The molecule has 0 aromatic rings. The van der Waals surface area contributed by atoms with Crippen LogP contribution in [0.15, 0.2) is 0 Å². The van der Waals surface area contributed by atoms with Gasteiger partial charge in [-0.05, 0) is 78.8 Å². The minimum atomic E-state index is -2.42. The maximum atomic E-state index is 13.0. The summed E-state index contributed by atoms with van der Waals surface area (Å²) < 4.78 is 0. The van der Waals surface area contributed by atoms with Crippen LogP contribution in [0, 0.1) is 33.5 Å². The molecular weight excluding hydrogens is 514 g/mol. The molecule has 1 fully saturated rings. The molecule has 0 bridgehead atoms. The van der Waals surface area contributed by atoms with E-state index in [4.69, 9.17) is 0 Å². The molecule has 9 heteroatoms. The fraction of sp³-hybridized carbons (Fsp3) is 0.871. The molecule has 1 aliphatic heterocycles. The molecule has 0 radical (unpaired) electrons. The number of aliphatic carboxylic acids is 4. The van der Waals surface area contributed by atoms with Crippen LogP contribution in [0.3, 0.4) is 0 Å². The highest BCUT2D eigenvalue weighted by atomic mass is 16.4. The van der Waals surface area contributed by atoms with E-state index in [1.54, 1.807) is 0 Å². The summed E-state index contributed by atoms with van der Waals surface area (Å²) in [5, 5.41) is 44.5. The smallest absolute Gasteiger partial charge is 0.311 e. The van der Waals surface area contributed by atoms with Crippen LogP contribution in [0.1, 0.15) is 125 Å². The Bertz CT molecular complexity index is 863. The lowest BCUT2D eigenvalue weighted by Gasteiger charge is -2.55. The Labute approximate surface area is 240 Å². The maximum absolute atomic E-state index is 13.0. The molecule has 0 saturated carbocycles. The lowest BCUT2D eigenvalue weighted by molar-refractivity contribution is -0.213. The fourth-order valence-electron chi connectivity index (χ4n) is 7.07. The first-order valence-electron chi connectivity index (χ1n) is 15.2. The van der Waals surface area contributed by atoms with Gasteiger partial charge in [-0.3, -0.25) is 19.2 Å². The van der Waals surface area contributed by atoms with Crippen LogP contribution in [-0.4, -0.2) is 57.4 Å². The number of unbranched alkanes of at least 4 members (excludes halogenated alkanes) is 6. The molecule has 0 spiro atoms. The minimum Gasteiger partial charge on any atom is -0.481 e. The summed E-state index contributed by atoms with van der Waals surface area (Å²) >= 11 is 0. The predicted molar refractivity (Wildman–Crippen MR) is 154 cm³/mol. The van der Waals surface area contributed by atoms with Crippen molar-refractivity contribution in [3.63, 3.8) is 0 Å². The van der Waals surface area contributed by atoms with Gasteiger partial charge in [0.15, 0.2) is 0 Å². The van der Waals surface area contributed by atoms with Crippen LogP contribution in [-0.2, 0) is 19.2 Å². The van der Waals surface area contributed by atoms with Crippen molar-refractivity contribution in [2.75, 3.05) is 13.1 Å². The maximum Gasteiger partial charge on any atom is 0.311 e. The van der Waals surface area contributed by atoms with Crippen LogP contribution in [0.5, 0.6) is 0 Å². The summed E-state index contributed by atoms with van der Waals surface area (Å²) in [7, 11) is 0. The van der Waals surface area contributed by atoms with Crippen LogP contribution < -0.4 is 5.32 Å². The average molecular weight is 570 g/mol. The van der Waals surface area contributed by atoms with Crippen LogP contribution >= 0.6 is 0 Å². The van der Waals surface area contributed by atoms with Gasteiger partial charge in [0.2, 0.25) is 0 Å². The molecule has 1 rings (SSSR count). The van der Waals surface area contributed by atoms with Gasteiger partial charge in [-0.2, -0.15) is 0 Å². The van der Waals surface area contributed by atoms with Crippen molar-refractivity contribution in [2.45, 2.75) is 125 Å². The van der Waals surface area contributed by atoms with Crippen LogP contribution in [0.2, 0.25) is 0 Å². The van der Waals surface area contributed by atoms with Gasteiger partial charge >= 0.3 is 23.9 Å². The topological polar surface area (TPSA) is 161 Å². The number of hydrogen-bond acceptors (Lipinski definition) is 5. The van der Waals surface area contributed by atoms with Crippen molar-refractivity contribution in [1.82, 2.24) is 5.32 Å². The number of hydrogen-bond donors (Lipinski definition) is 5. The second kappa shape index (κ2) is 15.2. The van der Waals surface area contributed by atoms with Crippen LogP contribution in [0.4, 0.5) is 0 Å². The van der Waals surface area contributed by atoms with Crippen molar-refractivity contribution in [1.29, 1.82) is 0 Å². The Morgan fingerprint density at radius 2 is 1.15 bits per heavy atom. The van der Waals surface area contributed by atoms with Crippen molar-refractivity contribution < 1.29 is 39.6 Å². The largest absolute Gasteiger partial charge is 0.481 e. The second-order valence-corrected chi connectivity index (χ2v) is 13.2. The molecule has 1 saturated heterocycles. The molecule has 40 heavy (non-hydrogen) atoms. The fourth-order valence-corrected chi connectivity index (χ4v) is 7.07. The third-order valence-electron chi connectivity index (χ3n) is 10.4. The van der Waals surface area contributed by atoms with E-state index in [0.29, 0.717) is 18.3 Å². The molecule has 0 amide bonds. The van der Waals surface area contributed by atoms with Crippen molar-refractivity contribution >= 4 is 23.9 Å². The number of piperidine rings is 1. The standard InChI is InChI=1S/C31H55NO8/c1-7-8-9-10-12-15-22(23-17-20-32-21-18-23)16-13-11-14-19-31(27(39)40,29(4,5)25(35)36)30(6,26(37)38)28(2,3)24(33)34/h22-23,32H,7-21H2,1-6H3,(H,33,34)(H,35,36)(H,37,38)(H,39,40). The Kier molecular flexibility index (Phi) is 13.6. The number of rotatable bonds is 20. The van der Waals surface area contributed by atoms with E-state index < -0.39 is 45.5 Å². The van der Waals surface area contributed by atoms with Crippen LogP contribution in [0.25, 0.3) is 0 Å². The van der Waals surface area contributed by atoms with E-state index in [-0.39, 0.29) is 12.8 Å². The molecule has 232 valence electrons. The average Bonchev–Trinajstić information content (AvgIpc) is 2.88. The molecular formula is C31H55NO8. The molecule has 1 aliphatic rings. The van der Waals surface area contributed by atoms with E-state index >= 15 is 0 Å². The Morgan fingerprint density at radius 1 is 0.675 bits per heavy atom. The zero-order valence-corrected chi connectivity index (χ0v) is 25.7. The first kappa shape index (κ1) is 35.9. The highest BCUT2D eigenvalue weighted by Gasteiger charge is 2.74. The molecule has 3 atom stereocenters. The predicted octanol–water partition coefficient (Wildman–Crippen LogP) is 6.30. The van der Waals surface area contributed by atoms with Gasteiger partial charge in [0.1, 0.15) is 5.41 Å². The first-order valence-corrected chi connectivity index (χ1v) is 15.2. The number of carbonyl (C=O) groups is 4. The van der Waals surface area contributed by atoms with E-state index in [0.717, 1.165) is 45.7 Å². The number of nitrogens with one attached hydrogen (secondary N) is 1. The zero-order chi connectivity index (χ0) is 30.8. The zero-order valence-electron chi connectivity index (χ0n) is 25.7. The van der Waals surface area contributed by atoms with E-state index in [2.05, 4.69) is 12.2 Å². The van der Waals surface area contributed by atoms with Gasteiger partial charge in [0, 0.05) is 0 Å². The molecule has 0 aromatic carbocycles. The summed E-state index contributed by atoms with van der Waals surface area (Å²) in [4.78, 5) is 50.6. The SMILES string of the molecule is CCCCCCCC(CCCCCC(C(=O)O)(C(C)(C)C(=O)O)C(C)(C(=O)O)C(C)(C)C(=O)O)C1CCNCC1. The highest BCUT2D eigenvalue weighted by molar-refractivity contribution is 5.96. The quantitative estimate of drug-likeness (QED) is 0.106. The second-order valence-electron chi connectivity index (χ2n) is 13.2. The van der Waals surface area contributed by atoms with Gasteiger partial charge in [-0.25, -0.2) is 0 Å². The Hall–Kier alpha value is -2.16. The number of carboxylic acid groups (broad SMARTS) is 4. The molecule has 5 N–H and O–H groups in total. The van der Waals surface area contributed by atoms with Gasteiger partial charge in [0.25, 0.3) is 0 Å². The minimum absolute atomic E-state index is 0.254. The van der Waals surface area contributed by atoms with E-state index in [1.807, 2.05) is 0 Å². The molecule has 0 aliphatic carbocycles. The third kappa shape index (κ3) is 7.37. The van der Waals surface area contributed by atoms with E-state index in [9.17, 15) is 39.6 Å². The summed E-state index contributed by atoms with van der Waals surface area (Å²) in [6.07, 6.45) is 12.1. The number of carboxylic acids is 4. The molecule has 0 aromatic heterocycles. The van der Waals surface area contributed by atoms with E-state index in [1.165, 1.54) is 66.2 Å². The first-order chi connectivity index (χ1) is 18.6.